The number of alkyl halides is 3. The topological polar surface area (TPSA) is 67.7 Å². The summed E-state index contributed by atoms with van der Waals surface area (Å²) in [6.07, 6.45) is 5.97. The predicted octanol–water partition coefficient (Wildman–Crippen LogP) is 5.85. The highest BCUT2D eigenvalue weighted by molar-refractivity contribution is 7.13. The number of thiazole rings is 2. The monoisotopic (exact) mass is 542 g/mol. The summed E-state index contributed by atoms with van der Waals surface area (Å²) in [4.78, 5) is 29.4. The average molecular weight is 543 g/mol. The van der Waals surface area contributed by atoms with Gasteiger partial charge in [0.1, 0.15) is 0 Å². The molecule has 2 aromatic rings. The second-order valence-electron chi connectivity index (χ2n) is 9.91. The van der Waals surface area contributed by atoms with Crippen molar-refractivity contribution in [3.05, 3.63) is 26.7 Å². The molecule has 198 valence electrons. The van der Waals surface area contributed by atoms with Gasteiger partial charge in [-0.3, -0.25) is 4.79 Å². The molecule has 1 amide bonds. The first kappa shape index (κ1) is 27.2. The molecule has 1 aliphatic carbocycles. The summed E-state index contributed by atoms with van der Waals surface area (Å²) in [5.74, 6) is 1.12. The van der Waals surface area contributed by atoms with E-state index in [4.69, 9.17) is 4.74 Å². The summed E-state index contributed by atoms with van der Waals surface area (Å²) in [5, 5.41) is 1.09. The molecule has 2 aromatic heterocycles. The van der Waals surface area contributed by atoms with Crippen molar-refractivity contribution < 1.29 is 22.7 Å². The zero-order valence-electron chi connectivity index (χ0n) is 20.7. The highest BCUT2D eigenvalue weighted by Crippen LogP contribution is 2.35. The molecule has 1 aliphatic heterocycles. The van der Waals surface area contributed by atoms with Crippen molar-refractivity contribution in [2.45, 2.75) is 70.9 Å². The third-order valence-electron chi connectivity index (χ3n) is 6.89. The van der Waals surface area contributed by atoms with E-state index in [1.165, 1.54) is 11.3 Å². The van der Waals surface area contributed by atoms with Gasteiger partial charge in [0.05, 0.1) is 17.1 Å². The molecule has 1 saturated carbocycles. The van der Waals surface area contributed by atoms with E-state index < -0.39 is 12.8 Å². The van der Waals surface area contributed by atoms with E-state index in [-0.39, 0.29) is 17.0 Å². The number of amides is 1. The molecule has 0 bridgehead atoms. The van der Waals surface area contributed by atoms with Crippen LogP contribution in [-0.2, 0) is 17.6 Å². The summed E-state index contributed by atoms with van der Waals surface area (Å²) in [6, 6.07) is 0. The van der Waals surface area contributed by atoms with Crippen LogP contribution in [0.15, 0.2) is 11.2 Å². The first-order valence-electron chi connectivity index (χ1n) is 12.5. The number of hydrogen-bond donors (Lipinski definition) is 0. The van der Waals surface area contributed by atoms with Gasteiger partial charge < -0.3 is 9.64 Å². The third kappa shape index (κ3) is 8.08. The smallest absolute Gasteiger partial charge is 0.422 e. The van der Waals surface area contributed by atoms with Crippen LogP contribution in [0.1, 0.15) is 65.4 Å². The molecule has 6 nitrogen and oxygen atoms in total. The van der Waals surface area contributed by atoms with Gasteiger partial charge in [-0.1, -0.05) is 18.3 Å². The largest absolute Gasteiger partial charge is 0.460 e. The minimum absolute atomic E-state index is 0.0990. The van der Waals surface area contributed by atoms with E-state index in [1.54, 1.807) is 17.5 Å². The summed E-state index contributed by atoms with van der Waals surface area (Å²) in [5.41, 5.74) is 0.888. The molecule has 0 aromatic carbocycles. The van der Waals surface area contributed by atoms with Crippen molar-refractivity contribution in [3.8, 4) is 5.19 Å². The second kappa shape index (κ2) is 12.1. The Labute approximate surface area is 218 Å². The summed E-state index contributed by atoms with van der Waals surface area (Å²) < 4.78 is 42.2. The predicted molar refractivity (Wildman–Crippen MR) is 136 cm³/mol. The molecule has 1 unspecified atom stereocenters. The summed E-state index contributed by atoms with van der Waals surface area (Å²) >= 11 is 2.79. The standard InChI is InChI=1S/C25H33F3N4O2S2/c1-16-14-32(10-8-21-23(16)31-24(36-21)34-15-25(26,27)28)9-7-18-3-5-19(6-4-18)12-30-22(33)11-20-13-29-17(2)35-20/h12-13,16,18-19H,3-11,14-15H2,1-2H3. The molecular weight excluding hydrogens is 509 g/mol. The Morgan fingerprint density at radius 1 is 1.28 bits per heavy atom. The molecule has 0 saturated heterocycles. The molecule has 1 fully saturated rings. The molecule has 36 heavy (non-hydrogen) atoms. The van der Waals surface area contributed by atoms with Crippen LogP contribution in [0.4, 0.5) is 13.2 Å². The third-order valence-corrected chi connectivity index (χ3v) is 8.85. The number of halogens is 3. The molecular formula is C25H33F3N4O2S2. The van der Waals surface area contributed by atoms with Crippen LogP contribution in [0.3, 0.4) is 0 Å². The van der Waals surface area contributed by atoms with Gasteiger partial charge in [-0.15, -0.1) is 11.3 Å². The van der Waals surface area contributed by atoms with E-state index >= 15 is 0 Å². The molecule has 2 aliphatic rings. The number of carbonyl (C=O) groups excluding carboxylic acids is 1. The quantitative estimate of drug-likeness (QED) is 0.392. The Balaban J connectivity index is 1.17. The molecule has 11 heteroatoms. The number of rotatable bonds is 8. The molecule has 0 radical (unpaired) electrons. The van der Waals surface area contributed by atoms with Gasteiger partial charge in [0.15, 0.2) is 6.61 Å². The Hall–Kier alpha value is -1.85. The maximum absolute atomic E-state index is 12.4. The number of nitrogens with zero attached hydrogens (tertiary/aromatic N) is 4. The van der Waals surface area contributed by atoms with Crippen molar-refractivity contribution in [1.29, 1.82) is 0 Å². The van der Waals surface area contributed by atoms with Crippen LogP contribution >= 0.6 is 22.7 Å². The first-order chi connectivity index (χ1) is 17.1. The maximum Gasteiger partial charge on any atom is 0.422 e. The van der Waals surface area contributed by atoms with E-state index in [2.05, 4.69) is 26.8 Å². The van der Waals surface area contributed by atoms with Gasteiger partial charge in [0, 0.05) is 41.2 Å². The van der Waals surface area contributed by atoms with Crippen molar-refractivity contribution in [3.63, 3.8) is 0 Å². The van der Waals surface area contributed by atoms with Crippen LogP contribution in [-0.4, -0.2) is 59.4 Å². The van der Waals surface area contributed by atoms with E-state index in [0.717, 1.165) is 78.6 Å². The molecule has 0 spiro atoms. The molecule has 1 atom stereocenters. The van der Waals surface area contributed by atoms with Crippen LogP contribution in [0.5, 0.6) is 5.19 Å². The van der Waals surface area contributed by atoms with Gasteiger partial charge in [-0.05, 0) is 63.8 Å². The Bertz CT molecular complexity index is 1040. The van der Waals surface area contributed by atoms with Crippen molar-refractivity contribution >= 4 is 34.8 Å². The number of aryl methyl sites for hydroxylation is 1. The fourth-order valence-electron chi connectivity index (χ4n) is 5.00. The first-order valence-corrected chi connectivity index (χ1v) is 14.2. The number of aliphatic imine (C=N–C) groups is 1. The minimum atomic E-state index is -4.35. The Morgan fingerprint density at radius 2 is 2.06 bits per heavy atom. The van der Waals surface area contributed by atoms with Gasteiger partial charge in [-0.25, -0.2) is 15.0 Å². The lowest BCUT2D eigenvalue weighted by atomic mass is 9.81. The van der Waals surface area contributed by atoms with Crippen LogP contribution in [0, 0.1) is 18.8 Å². The second-order valence-corrected chi connectivity index (χ2v) is 12.3. The number of fused-ring (bicyclic) bond motifs is 1. The van der Waals surface area contributed by atoms with Gasteiger partial charge in [0.2, 0.25) is 0 Å². The number of carbonyl (C=O) groups is 1. The number of hydrogen-bond acceptors (Lipinski definition) is 7. The maximum atomic E-state index is 12.4. The lowest BCUT2D eigenvalue weighted by Crippen LogP contribution is -2.31. The van der Waals surface area contributed by atoms with Crippen molar-refractivity contribution in [2.75, 3.05) is 26.2 Å². The molecule has 3 heterocycles. The SMILES string of the molecule is Cc1ncc(CC(=O)N=CC2CCC(CCN3CCc4sc(OCC(F)(F)F)nc4C(C)C3)CC2)s1. The normalized spacial score (nSPS) is 23.5. The Morgan fingerprint density at radius 3 is 2.75 bits per heavy atom. The summed E-state index contributed by atoms with van der Waals surface area (Å²) in [7, 11) is 0. The van der Waals surface area contributed by atoms with Gasteiger partial charge in [0.25, 0.3) is 11.1 Å². The van der Waals surface area contributed by atoms with E-state index in [1.807, 2.05) is 13.1 Å². The van der Waals surface area contributed by atoms with Gasteiger partial charge >= 0.3 is 6.18 Å². The zero-order chi connectivity index (χ0) is 25.7. The van der Waals surface area contributed by atoms with Crippen LogP contribution in [0.2, 0.25) is 0 Å². The molecule has 0 N–H and O–H groups in total. The average Bonchev–Trinajstić information content (AvgIpc) is 3.40. The highest BCUT2D eigenvalue weighted by atomic mass is 32.1. The van der Waals surface area contributed by atoms with Crippen molar-refractivity contribution in [2.24, 2.45) is 16.8 Å². The number of ether oxygens (including phenoxy) is 1. The van der Waals surface area contributed by atoms with Crippen LogP contribution < -0.4 is 4.74 Å². The fourth-order valence-corrected chi connectivity index (χ4v) is 6.80. The highest BCUT2D eigenvalue weighted by Gasteiger charge is 2.30. The van der Waals surface area contributed by atoms with E-state index in [0.29, 0.717) is 18.3 Å². The lowest BCUT2D eigenvalue weighted by Gasteiger charge is -2.29. The van der Waals surface area contributed by atoms with Gasteiger partial charge in [-0.2, -0.15) is 13.2 Å². The fraction of sp³-hybridized carbons (Fsp3) is 0.680. The summed E-state index contributed by atoms with van der Waals surface area (Å²) in [6.45, 7) is 5.50. The number of aromatic nitrogens is 2. The van der Waals surface area contributed by atoms with Crippen LogP contribution in [0.25, 0.3) is 0 Å². The Kier molecular flexibility index (Phi) is 9.16. The minimum Gasteiger partial charge on any atom is -0.460 e. The van der Waals surface area contributed by atoms with Crippen molar-refractivity contribution in [1.82, 2.24) is 14.9 Å². The zero-order valence-corrected chi connectivity index (χ0v) is 22.4. The lowest BCUT2D eigenvalue weighted by molar-refractivity contribution is -0.153. The van der Waals surface area contributed by atoms with E-state index in [9.17, 15) is 18.0 Å². The molecule has 4 rings (SSSR count).